The summed E-state index contributed by atoms with van der Waals surface area (Å²) in [5, 5.41) is 12.5. The molecular formula is C12H17NO3. The first-order valence-electron chi connectivity index (χ1n) is 5.14. The van der Waals surface area contributed by atoms with Crippen molar-refractivity contribution < 1.29 is 14.6 Å². The van der Waals surface area contributed by atoms with Crippen molar-refractivity contribution in [3.63, 3.8) is 0 Å². The topological polar surface area (TPSA) is 58.6 Å². The zero-order valence-electron chi connectivity index (χ0n) is 9.78. The fourth-order valence-electron chi connectivity index (χ4n) is 1.44. The van der Waals surface area contributed by atoms with E-state index in [0.717, 1.165) is 0 Å². The number of hydrogen-bond acceptors (Lipinski definition) is 3. The van der Waals surface area contributed by atoms with Crippen LogP contribution in [0.5, 0.6) is 5.75 Å². The van der Waals surface area contributed by atoms with Gasteiger partial charge in [0.2, 0.25) is 0 Å². The highest BCUT2D eigenvalue weighted by Gasteiger charge is 2.14. The molecule has 0 spiro atoms. The summed E-state index contributed by atoms with van der Waals surface area (Å²) < 4.78 is 4.92. The molecule has 0 bridgehead atoms. The van der Waals surface area contributed by atoms with Crippen LogP contribution in [0.4, 0.5) is 0 Å². The molecule has 4 heteroatoms. The number of phenolic OH excluding ortho intramolecular Hbond substituents is 1. The Morgan fingerprint density at radius 3 is 2.88 bits per heavy atom. The van der Waals surface area contributed by atoms with Crippen molar-refractivity contribution in [2.24, 2.45) is 0 Å². The number of hydrogen-bond donors (Lipinski definition) is 2. The van der Waals surface area contributed by atoms with Crippen molar-refractivity contribution in [3.05, 3.63) is 29.3 Å². The minimum atomic E-state index is -0.286. The third-order valence-electron chi connectivity index (χ3n) is 2.28. The van der Waals surface area contributed by atoms with Crippen LogP contribution in [-0.4, -0.2) is 30.8 Å². The third-order valence-corrected chi connectivity index (χ3v) is 2.28. The second-order valence-corrected chi connectivity index (χ2v) is 3.80. The van der Waals surface area contributed by atoms with E-state index in [1.165, 1.54) is 0 Å². The number of carbonyl (C=O) groups is 1. The van der Waals surface area contributed by atoms with Gasteiger partial charge in [-0.1, -0.05) is 12.1 Å². The summed E-state index contributed by atoms with van der Waals surface area (Å²) in [5.74, 6) is -0.254. The zero-order chi connectivity index (χ0) is 12.1. The molecule has 4 nitrogen and oxygen atoms in total. The Hall–Kier alpha value is -1.55. The first-order chi connectivity index (χ1) is 7.56. The molecule has 88 valence electrons. The highest BCUT2D eigenvalue weighted by Crippen LogP contribution is 2.21. The van der Waals surface area contributed by atoms with Gasteiger partial charge in [0.1, 0.15) is 5.75 Å². The number of amides is 1. The predicted octanol–water partition coefficient (Wildman–Crippen LogP) is 1.47. The summed E-state index contributed by atoms with van der Waals surface area (Å²) in [6.45, 7) is 4.04. The molecule has 0 radical (unpaired) electrons. The Morgan fingerprint density at radius 2 is 2.25 bits per heavy atom. The van der Waals surface area contributed by atoms with Crippen molar-refractivity contribution in [2.45, 2.75) is 19.9 Å². The number of para-hydroxylation sites is 1. The molecule has 0 aliphatic heterocycles. The molecule has 0 aliphatic carbocycles. The molecule has 0 fully saturated rings. The maximum Gasteiger partial charge on any atom is 0.255 e. The van der Waals surface area contributed by atoms with E-state index in [0.29, 0.717) is 17.7 Å². The van der Waals surface area contributed by atoms with Gasteiger partial charge in [0.15, 0.2) is 0 Å². The van der Waals surface area contributed by atoms with Gasteiger partial charge in [-0.3, -0.25) is 4.79 Å². The molecular weight excluding hydrogens is 206 g/mol. The van der Waals surface area contributed by atoms with E-state index >= 15 is 0 Å². The molecule has 1 rings (SSSR count). The van der Waals surface area contributed by atoms with E-state index in [1.807, 2.05) is 6.92 Å². The number of phenols is 1. The van der Waals surface area contributed by atoms with E-state index in [1.54, 1.807) is 32.2 Å². The van der Waals surface area contributed by atoms with Gasteiger partial charge < -0.3 is 15.2 Å². The van der Waals surface area contributed by atoms with Gasteiger partial charge in [-0.2, -0.15) is 0 Å². The molecule has 1 atom stereocenters. The highest BCUT2D eigenvalue weighted by atomic mass is 16.5. The first kappa shape index (κ1) is 12.5. The molecule has 0 saturated heterocycles. The number of benzene rings is 1. The Balaban J connectivity index is 2.77. The zero-order valence-corrected chi connectivity index (χ0v) is 9.78. The standard InChI is InChI=1S/C12H17NO3/c1-8-5-4-6-10(11(8)14)12(15)13-9(2)7-16-3/h4-6,9,14H,7H2,1-3H3,(H,13,15). The molecule has 2 N–H and O–H groups in total. The maximum atomic E-state index is 11.8. The molecule has 0 aromatic heterocycles. The molecule has 1 aromatic carbocycles. The van der Waals surface area contributed by atoms with Crippen molar-refractivity contribution in [2.75, 3.05) is 13.7 Å². The van der Waals surface area contributed by atoms with E-state index in [9.17, 15) is 9.90 Å². The van der Waals surface area contributed by atoms with E-state index in [4.69, 9.17) is 4.74 Å². The number of methoxy groups -OCH3 is 1. The van der Waals surface area contributed by atoms with Crippen LogP contribution in [0.15, 0.2) is 18.2 Å². The van der Waals surface area contributed by atoms with E-state index in [-0.39, 0.29) is 17.7 Å². The van der Waals surface area contributed by atoms with Crippen LogP contribution in [0.25, 0.3) is 0 Å². The van der Waals surface area contributed by atoms with Gasteiger partial charge in [-0.05, 0) is 25.5 Å². The molecule has 0 aliphatic rings. The summed E-state index contributed by atoms with van der Waals surface area (Å²) >= 11 is 0. The predicted molar refractivity (Wildman–Crippen MR) is 61.6 cm³/mol. The number of aryl methyl sites for hydroxylation is 1. The van der Waals surface area contributed by atoms with Crippen molar-refractivity contribution >= 4 is 5.91 Å². The summed E-state index contributed by atoms with van der Waals surface area (Å²) in [6, 6.07) is 5.00. The summed E-state index contributed by atoms with van der Waals surface area (Å²) in [4.78, 5) is 11.8. The minimum absolute atomic E-state index is 0.0321. The van der Waals surface area contributed by atoms with Crippen LogP contribution in [0.2, 0.25) is 0 Å². The lowest BCUT2D eigenvalue weighted by Gasteiger charge is -2.13. The lowest BCUT2D eigenvalue weighted by Crippen LogP contribution is -2.35. The Bertz CT molecular complexity index is 377. The highest BCUT2D eigenvalue weighted by molar-refractivity contribution is 5.97. The van der Waals surface area contributed by atoms with Crippen LogP contribution in [0.1, 0.15) is 22.8 Å². The van der Waals surface area contributed by atoms with Crippen LogP contribution in [0, 0.1) is 6.92 Å². The van der Waals surface area contributed by atoms with Gasteiger partial charge in [0.05, 0.1) is 12.2 Å². The molecule has 0 saturated carbocycles. The van der Waals surface area contributed by atoms with Crippen molar-refractivity contribution in [3.8, 4) is 5.75 Å². The fraction of sp³-hybridized carbons (Fsp3) is 0.417. The number of aromatic hydroxyl groups is 1. The smallest absolute Gasteiger partial charge is 0.255 e. The minimum Gasteiger partial charge on any atom is -0.507 e. The van der Waals surface area contributed by atoms with E-state index in [2.05, 4.69) is 5.32 Å². The summed E-state index contributed by atoms with van der Waals surface area (Å²) in [5.41, 5.74) is 0.981. The molecule has 1 unspecified atom stereocenters. The lowest BCUT2D eigenvalue weighted by atomic mass is 10.1. The van der Waals surface area contributed by atoms with Crippen LogP contribution < -0.4 is 5.32 Å². The summed E-state index contributed by atoms with van der Waals surface area (Å²) in [6.07, 6.45) is 0. The lowest BCUT2D eigenvalue weighted by molar-refractivity contribution is 0.0903. The number of carbonyl (C=O) groups excluding carboxylic acids is 1. The second kappa shape index (κ2) is 5.51. The van der Waals surface area contributed by atoms with Crippen LogP contribution in [-0.2, 0) is 4.74 Å². The van der Waals surface area contributed by atoms with Crippen LogP contribution >= 0.6 is 0 Å². The first-order valence-corrected chi connectivity index (χ1v) is 5.14. The Morgan fingerprint density at radius 1 is 1.56 bits per heavy atom. The Labute approximate surface area is 95.2 Å². The SMILES string of the molecule is COCC(C)NC(=O)c1cccc(C)c1O. The van der Waals surface area contributed by atoms with Crippen molar-refractivity contribution in [1.82, 2.24) is 5.32 Å². The van der Waals surface area contributed by atoms with Gasteiger partial charge >= 0.3 is 0 Å². The number of rotatable bonds is 4. The normalized spacial score (nSPS) is 12.2. The van der Waals surface area contributed by atoms with Crippen molar-refractivity contribution in [1.29, 1.82) is 0 Å². The van der Waals surface area contributed by atoms with Gasteiger partial charge in [-0.15, -0.1) is 0 Å². The number of ether oxygens (including phenoxy) is 1. The van der Waals surface area contributed by atoms with Gasteiger partial charge in [-0.25, -0.2) is 0 Å². The van der Waals surface area contributed by atoms with Gasteiger partial charge in [0.25, 0.3) is 5.91 Å². The third kappa shape index (κ3) is 2.97. The largest absolute Gasteiger partial charge is 0.507 e. The van der Waals surface area contributed by atoms with Crippen LogP contribution in [0.3, 0.4) is 0 Å². The molecule has 1 aromatic rings. The monoisotopic (exact) mass is 223 g/mol. The average molecular weight is 223 g/mol. The second-order valence-electron chi connectivity index (χ2n) is 3.80. The van der Waals surface area contributed by atoms with E-state index < -0.39 is 0 Å². The maximum absolute atomic E-state index is 11.8. The molecule has 0 heterocycles. The Kier molecular flexibility index (Phi) is 4.31. The quantitative estimate of drug-likeness (QED) is 0.812. The fourth-order valence-corrected chi connectivity index (χ4v) is 1.44. The molecule has 1 amide bonds. The summed E-state index contributed by atoms with van der Waals surface area (Å²) in [7, 11) is 1.58. The van der Waals surface area contributed by atoms with Gasteiger partial charge in [0, 0.05) is 13.2 Å². The number of nitrogens with one attached hydrogen (secondary N) is 1. The molecule has 16 heavy (non-hydrogen) atoms. The average Bonchev–Trinajstić information content (AvgIpc) is 2.22.